The summed E-state index contributed by atoms with van der Waals surface area (Å²) in [5, 5.41) is 19.6. The minimum atomic E-state index is -0.620. The smallest absolute Gasteiger partial charge is 0.319 e. The molecule has 0 bridgehead atoms. The maximum Gasteiger partial charge on any atom is 0.319 e. The molecule has 0 saturated carbocycles. The van der Waals surface area contributed by atoms with Gasteiger partial charge in [-0.3, -0.25) is 4.68 Å². The SMILES string of the molecule is O=C(Nc1cnn(CCF)c1)N[C@H]1c2ccccc2CC[C@H]1O. The highest BCUT2D eigenvalue weighted by molar-refractivity contribution is 5.89. The number of rotatable bonds is 4. The molecule has 6 nitrogen and oxygen atoms in total. The molecule has 0 fully saturated rings. The molecule has 0 aliphatic heterocycles. The first kappa shape index (κ1) is 15.5. The van der Waals surface area contributed by atoms with Gasteiger partial charge in [-0.2, -0.15) is 5.10 Å². The van der Waals surface area contributed by atoms with E-state index in [1.54, 1.807) is 6.20 Å². The molecule has 1 aliphatic carbocycles. The van der Waals surface area contributed by atoms with Crippen LogP contribution in [0.4, 0.5) is 14.9 Å². The highest BCUT2D eigenvalue weighted by atomic mass is 19.1. The van der Waals surface area contributed by atoms with Crippen LogP contribution in [0.2, 0.25) is 0 Å². The van der Waals surface area contributed by atoms with E-state index in [1.807, 2.05) is 24.3 Å². The molecule has 2 amide bonds. The van der Waals surface area contributed by atoms with Gasteiger partial charge in [0.25, 0.3) is 0 Å². The van der Waals surface area contributed by atoms with Gasteiger partial charge in [-0.15, -0.1) is 0 Å². The molecule has 1 aromatic carbocycles. The number of alkyl halides is 1. The van der Waals surface area contributed by atoms with Gasteiger partial charge < -0.3 is 15.7 Å². The zero-order chi connectivity index (χ0) is 16.2. The van der Waals surface area contributed by atoms with Gasteiger partial charge in [-0.05, 0) is 24.0 Å². The third kappa shape index (κ3) is 3.50. The Morgan fingerprint density at radius 1 is 1.43 bits per heavy atom. The number of urea groups is 1. The number of nitrogens with one attached hydrogen (secondary N) is 2. The average Bonchev–Trinajstić information content (AvgIpc) is 2.97. The van der Waals surface area contributed by atoms with Crippen LogP contribution in [0.25, 0.3) is 0 Å². The van der Waals surface area contributed by atoms with Crippen molar-refractivity contribution in [2.75, 3.05) is 12.0 Å². The van der Waals surface area contributed by atoms with Gasteiger partial charge in [0.15, 0.2) is 0 Å². The molecule has 2 aromatic rings. The fourth-order valence-electron chi connectivity index (χ4n) is 2.86. The molecule has 1 heterocycles. The molecule has 7 heteroatoms. The van der Waals surface area contributed by atoms with Crippen LogP contribution in [0.15, 0.2) is 36.7 Å². The number of benzene rings is 1. The lowest BCUT2D eigenvalue weighted by molar-refractivity contribution is 0.115. The van der Waals surface area contributed by atoms with Crippen LogP contribution < -0.4 is 10.6 Å². The van der Waals surface area contributed by atoms with Crippen LogP contribution in [0.5, 0.6) is 0 Å². The fraction of sp³-hybridized carbons (Fsp3) is 0.375. The third-order valence-electron chi connectivity index (χ3n) is 3.98. The number of anilines is 1. The number of aryl methyl sites for hydroxylation is 2. The molecular weight excluding hydrogens is 299 g/mol. The summed E-state index contributed by atoms with van der Waals surface area (Å²) in [7, 11) is 0. The van der Waals surface area contributed by atoms with Crippen LogP contribution in [0, 0.1) is 0 Å². The van der Waals surface area contributed by atoms with Crippen LogP contribution in [-0.4, -0.2) is 33.7 Å². The van der Waals surface area contributed by atoms with E-state index in [0.717, 1.165) is 17.5 Å². The zero-order valence-electron chi connectivity index (χ0n) is 12.6. The Labute approximate surface area is 133 Å². The van der Waals surface area contributed by atoms with E-state index in [1.165, 1.54) is 10.9 Å². The number of aromatic nitrogens is 2. The molecule has 3 N–H and O–H groups in total. The van der Waals surface area contributed by atoms with E-state index in [2.05, 4.69) is 15.7 Å². The number of fused-ring (bicyclic) bond motifs is 1. The van der Waals surface area contributed by atoms with E-state index >= 15 is 0 Å². The van der Waals surface area contributed by atoms with Gasteiger partial charge in [-0.1, -0.05) is 24.3 Å². The number of halogens is 1. The molecule has 23 heavy (non-hydrogen) atoms. The summed E-state index contributed by atoms with van der Waals surface area (Å²) in [6.45, 7) is -0.365. The number of hydrogen-bond donors (Lipinski definition) is 3. The van der Waals surface area contributed by atoms with Crippen molar-refractivity contribution in [1.29, 1.82) is 0 Å². The number of nitrogens with zero attached hydrogens (tertiary/aromatic N) is 2. The first-order valence-electron chi connectivity index (χ1n) is 7.59. The van der Waals surface area contributed by atoms with Crippen molar-refractivity contribution >= 4 is 11.7 Å². The van der Waals surface area contributed by atoms with E-state index in [9.17, 15) is 14.3 Å². The Kier molecular flexibility index (Phi) is 4.57. The maximum absolute atomic E-state index is 12.3. The number of hydrogen-bond acceptors (Lipinski definition) is 3. The largest absolute Gasteiger partial charge is 0.391 e. The molecule has 1 aliphatic rings. The second-order valence-electron chi connectivity index (χ2n) is 5.56. The minimum Gasteiger partial charge on any atom is -0.391 e. The van der Waals surface area contributed by atoms with E-state index < -0.39 is 24.9 Å². The van der Waals surface area contributed by atoms with Gasteiger partial charge in [0.1, 0.15) is 6.67 Å². The Balaban J connectivity index is 1.67. The Morgan fingerprint density at radius 2 is 2.26 bits per heavy atom. The number of aliphatic hydroxyl groups excluding tert-OH is 1. The summed E-state index contributed by atoms with van der Waals surface area (Å²) in [5.74, 6) is 0. The average molecular weight is 318 g/mol. The standard InChI is InChI=1S/C16H19FN4O2/c17-7-8-21-10-12(9-18-21)19-16(23)20-15-13-4-2-1-3-11(13)5-6-14(15)22/h1-4,9-10,14-15,22H,5-8H2,(H2,19,20,23)/t14-,15+/m1/s1. The topological polar surface area (TPSA) is 79.2 Å². The lowest BCUT2D eigenvalue weighted by Crippen LogP contribution is -2.41. The quantitative estimate of drug-likeness (QED) is 0.807. The van der Waals surface area contributed by atoms with Crippen molar-refractivity contribution < 1.29 is 14.3 Å². The molecule has 0 saturated heterocycles. The summed E-state index contributed by atoms with van der Waals surface area (Å²) in [5.41, 5.74) is 2.56. The summed E-state index contributed by atoms with van der Waals surface area (Å²) in [6.07, 6.45) is 3.80. The van der Waals surface area contributed by atoms with Gasteiger partial charge in [0.05, 0.1) is 30.6 Å². The van der Waals surface area contributed by atoms with Crippen molar-refractivity contribution in [3.05, 3.63) is 47.8 Å². The Bertz CT molecular complexity index is 688. The Hall–Kier alpha value is -2.41. The summed E-state index contributed by atoms with van der Waals surface area (Å²) < 4.78 is 13.7. The number of carbonyl (C=O) groups is 1. The van der Waals surface area contributed by atoms with Gasteiger partial charge in [-0.25, -0.2) is 9.18 Å². The second kappa shape index (κ2) is 6.78. The highest BCUT2D eigenvalue weighted by Gasteiger charge is 2.29. The normalized spacial score (nSPS) is 19.9. The molecule has 3 rings (SSSR count). The van der Waals surface area contributed by atoms with Crippen LogP contribution >= 0.6 is 0 Å². The van der Waals surface area contributed by atoms with Crippen molar-refractivity contribution in [2.24, 2.45) is 0 Å². The lowest BCUT2D eigenvalue weighted by atomic mass is 9.86. The van der Waals surface area contributed by atoms with Crippen molar-refractivity contribution in [3.8, 4) is 0 Å². The van der Waals surface area contributed by atoms with Gasteiger partial charge in [0.2, 0.25) is 0 Å². The van der Waals surface area contributed by atoms with Crippen LogP contribution in [0.1, 0.15) is 23.6 Å². The van der Waals surface area contributed by atoms with E-state index in [0.29, 0.717) is 12.1 Å². The molecule has 0 unspecified atom stereocenters. The molecular formula is C16H19FN4O2. The predicted octanol–water partition coefficient (Wildman–Crippen LogP) is 2.02. The van der Waals surface area contributed by atoms with Crippen molar-refractivity contribution in [1.82, 2.24) is 15.1 Å². The van der Waals surface area contributed by atoms with Crippen LogP contribution in [0.3, 0.4) is 0 Å². The van der Waals surface area contributed by atoms with Gasteiger partial charge in [0, 0.05) is 6.20 Å². The maximum atomic E-state index is 12.3. The molecule has 0 radical (unpaired) electrons. The van der Waals surface area contributed by atoms with E-state index in [-0.39, 0.29) is 6.54 Å². The predicted molar refractivity (Wildman–Crippen MR) is 83.9 cm³/mol. The molecule has 1 aromatic heterocycles. The monoisotopic (exact) mass is 318 g/mol. The van der Waals surface area contributed by atoms with Crippen molar-refractivity contribution in [2.45, 2.75) is 31.5 Å². The minimum absolute atomic E-state index is 0.151. The summed E-state index contributed by atoms with van der Waals surface area (Å²) >= 11 is 0. The summed E-state index contributed by atoms with van der Waals surface area (Å²) in [6, 6.07) is 6.90. The van der Waals surface area contributed by atoms with Crippen LogP contribution in [-0.2, 0) is 13.0 Å². The lowest BCUT2D eigenvalue weighted by Gasteiger charge is -2.30. The first-order valence-corrected chi connectivity index (χ1v) is 7.59. The first-order chi connectivity index (χ1) is 11.2. The molecule has 0 spiro atoms. The summed E-state index contributed by atoms with van der Waals surface area (Å²) in [4.78, 5) is 12.2. The highest BCUT2D eigenvalue weighted by Crippen LogP contribution is 2.29. The molecule has 122 valence electrons. The van der Waals surface area contributed by atoms with E-state index in [4.69, 9.17) is 0 Å². The Morgan fingerprint density at radius 3 is 3.09 bits per heavy atom. The van der Waals surface area contributed by atoms with Crippen molar-refractivity contribution in [3.63, 3.8) is 0 Å². The number of aliphatic hydroxyl groups is 1. The number of amides is 2. The second-order valence-corrected chi connectivity index (χ2v) is 5.56. The zero-order valence-corrected chi connectivity index (χ0v) is 12.6. The molecule has 2 atom stereocenters. The van der Waals surface area contributed by atoms with Gasteiger partial charge >= 0.3 is 6.03 Å². The third-order valence-corrected chi connectivity index (χ3v) is 3.98. The number of carbonyl (C=O) groups excluding carboxylic acids is 1. The fourth-order valence-corrected chi connectivity index (χ4v) is 2.86.